The van der Waals surface area contributed by atoms with Crippen molar-refractivity contribution in [1.29, 1.82) is 0 Å². The molecule has 0 bridgehead atoms. The molecule has 5 heteroatoms. The Kier molecular flexibility index (Phi) is 4.82. The van der Waals surface area contributed by atoms with Gasteiger partial charge in [0.25, 0.3) is 0 Å². The highest BCUT2D eigenvalue weighted by Gasteiger charge is 2.43. The zero-order valence-corrected chi connectivity index (χ0v) is 15.7. The predicted molar refractivity (Wildman–Crippen MR) is 103 cm³/mol. The zero-order chi connectivity index (χ0) is 17.2. The monoisotopic (exact) mass is 369 g/mol. The average Bonchev–Trinajstić information content (AvgIpc) is 3.34. The molecule has 3 aromatic rings. The highest BCUT2D eigenvalue weighted by Crippen LogP contribution is 2.54. The molecule has 1 aliphatic rings. The van der Waals surface area contributed by atoms with Gasteiger partial charge in [0, 0.05) is 23.2 Å². The SMILES string of the molecule is CCn1c(SCc2ccc(Cl)cc2)nnc1C1CC1c1ccccc1. The third-order valence-corrected chi connectivity index (χ3v) is 5.98. The van der Waals surface area contributed by atoms with E-state index in [4.69, 9.17) is 11.6 Å². The average molecular weight is 370 g/mol. The molecule has 25 heavy (non-hydrogen) atoms. The van der Waals surface area contributed by atoms with Crippen LogP contribution in [0.15, 0.2) is 59.8 Å². The first-order chi connectivity index (χ1) is 12.3. The van der Waals surface area contributed by atoms with Gasteiger partial charge in [0.2, 0.25) is 0 Å². The lowest BCUT2D eigenvalue weighted by molar-refractivity contribution is 0.640. The van der Waals surface area contributed by atoms with E-state index in [0.29, 0.717) is 11.8 Å². The summed E-state index contributed by atoms with van der Waals surface area (Å²) in [4.78, 5) is 0. The summed E-state index contributed by atoms with van der Waals surface area (Å²) < 4.78 is 2.27. The number of nitrogens with zero attached hydrogens (tertiary/aromatic N) is 3. The van der Waals surface area contributed by atoms with E-state index < -0.39 is 0 Å². The molecule has 0 radical (unpaired) electrons. The first-order valence-electron chi connectivity index (χ1n) is 8.61. The van der Waals surface area contributed by atoms with Gasteiger partial charge in [-0.05, 0) is 42.5 Å². The fraction of sp³-hybridized carbons (Fsp3) is 0.300. The van der Waals surface area contributed by atoms with Crippen molar-refractivity contribution in [2.75, 3.05) is 0 Å². The lowest BCUT2D eigenvalue weighted by Gasteiger charge is -2.07. The third kappa shape index (κ3) is 3.60. The Morgan fingerprint density at radius 2 is 1.80 bits per heavy atom. The highest BCUT2D eigenvalue weighted by molar-refractivity contribution is 7.98. The molecule has 1 aliphatic carbocycles. The van der Waals surface area contributed by atoms with Crippen molar-refractivity contribution >= 4 is 23.4 Å². The van der Waals surface area contributed by atoms with Crippen LogP contribution in [0.25, 0.3) is 0 Å². The first kappa shape index (κ1) is 16.7. The molecule has 4 rings (SSSR count). The smallest absolute Gasteiger partial charge is 0.191 e. The molecule has 0 amide bonds. The van der Waals surface area contributed by atoms with Gasteiger partial charge in [0.05, 0.1) is 0 Å². The molecule has 1 aromatic heterocycles. The van der Waals surface area contributed by atoms with Gasteiger partial charge in [-0.1, -0.05) is 65.8 Å². The van der Waals surface area contributed by atoms with E-state index in [9.17, 15) is 0 Å². The highest BCUT2D eigenvalue weighted by atomic mass is 35.5. The van der Waals surface area contributed by atoms with Crippen molar-refractivity contribution < 1.29 is 0 Å². The molecule has 1 heterocycles. The van der Waals surface area contributed by atoms with Gasteiger partial charge in [0.15, 0.2) is 5.16 Å². The van der Waals surface area contributed by atoms with Crippen LogP contribution in [0.5, 0.6) is 0 Å². The number of aromatic nitrogens is 3. The number of halogens is 1. The number of benzene rings is 2. The van der Waals surface area contributed by atoms with Crippen LogP contribution in [0.1, 0.15) is 42.1 Å². The van der Waals surface area contributed by atoms with Crippen molar-refractivity contribution in [2.45, 2.75) is 42.6 Å². The van der Waals surface area contributed by atoms with E-state index >= 15 is 0 Å². The van der Waals surface area contributed by atoms with E-state index in [2.05, 4.69) is 64.2 Å². The quantitative estimate of drug-likeness (QED) is 0.536. The van der Waals surface area contributed by atoms with Crippen molar-refractivity contribution in [3.63, 3.8) is 0 Å². The molecule has 0 aliphatic heterocycles. The van der Waals surface area contributed by atoms with Gasteiger partial charge in [-0.2, -0.15) is 0 Å². The topological polar surface area (TPSA) is 30.7 Å². The van der Waals surface area contributed by atoms with Crippen LogP contribution in [0.2, 0.25) is 5.02 Å². The molecular formula is C20H20ClN3S. The largest absolute Gasteiger partial charge is 0.306 e. The number of hydrogen-bond acceptors (Lipinski definition) is 3. The maximum atomic E-state index is 5.95. The van der Waals surface area contributed by atoms with E-state index in [0.717, 1.165) is 28.3 Å². The van der Waals surface area contributed by atoms with Gasteiger partial charge in [-0.15, -0.1) is 10.2 Å². The lowest BCUT2D eigenvalue weighted by atomic mass is 10.1. The van der Waals surface area contributed by atoms with Crippen molar-refractivity contribution in [2.24, 2.45) is 0 Å². The third-order valence-electron chi connectivity index (χ3n) is 4.69. The van der Waals surface area contributed by atoms with E-state index in [1.54, 1.807) is 11.8 Å². The van der Waals surface area contributed by atoms with Crippen LogP contribution in [-0.2, 0) is 12.3 Å². The van der Waals surface area contributed by atoms with Crippen molar-refractivity contribution in [3.8, 4) is 0 Å². The molecule has 2 aromatic carbocycles. The second-order valence-electron chi connectivity index (χ2n) is 6.36. The maximum Gasteiger partial charge on any atom is 0.191 e. The fourth-order valence-electron chi connectivity index (χ4n) is 3.26. The Morgan fingerprint density at radius 3 is 2.52 bits per heavy atom. The fourth-order valence-corrected chi connectivity index (χ4v) is 4.35. The standard InChI is InChI=1S/C20H20ClN3S/c1-2-24-19(18-12-17(18)15-6-4-3-5-7-15)22-23-20(24)25-13-14-8-10-16(21)11-9-14/h3-11,17-18H,2,12-13H2,1H3. The van der Waals surface area contributed by atoms with Crippen LogP contribution in [0.4, 0.5) is 0 Å². The van der Waals surface area contributed by atoms with Crippen LogP contribution in [0.3, 0.4) is 0 Å². The number of hydrogen-bond donors (Lipinski definition) is 0. The lowest BCUT2D eigenvalue weighted by Crippen LogP contribution is -2.03. The van der Waals surface area contributed by atoms with Crippen molar-refractivity contribution in [1.82, 2.24) is 14.8 Å². The predicted octanol–water partition coefficient (Wildman–Crippen LogP) is 5.51. The minimum absolute atomic E-state index is 0.500. The summed E-state index contributed by atoms with van der Waals surface area (Å²) in [6.45, 7) is 3.07. The van der Waals surface area contributed by atoms with Crippen LogP contribution in [-0.4, -0.2) is 14.8 Å². The Morgan fingerprint density at radius 1 is 1.04 bits per heavy atom. The molecule has 0 saturated heterocycles. The molecule has 2 atom stereocenters. The zero-order valence-electron chi connectivity index (χ0n) is 14.1. The van der Waals surface area contributed by atoms with Crippen LogP contribution >= 0.6 is 23.4 Å². The minimum Gasteiger partial charge on any atom is -0.306 e. The molecular weight excluding hydrogens is 350 g/mol. The summed E-state index contributed by atoms with van der Waals surface area (Å²) in [5.74, 6) is 3.10. The molecule has 0 spiro atoms. The molecule has 3 nitrogen and oxygen atoms in total. The second-order valence-corrected chi connectivity index (χ2v) is 7.74. The summed E-state index contributed by atoms with van der Waals surface area (Å²) in [7, 11) is 0. The summed E-state index contributed by atoms with van der Waals surface area (Å²) in [5.41, 5.74) is 2.66. The molecule has 0 N–H and O–H groups in total. The normalized spacial score (nSPS) is 19.1. The molecule has 2 unspecified atom stereocenters. The summed E-state index contributed by atoms with van der Waals surface area (Å²) >= 11 is 7.69. The molecule has 1 fully saturated rings. The Hall–Kier alpha value is -1.78. The van der Waals surface area contributed by atoms with E-state index in [-0.39, 0.29) is 0 Å². The van der Waals surface area contributed by atoms with Crippen LogP contribution < -0.4 is 0 Å². The van der Waals surface area contributed by atoms with Gasteiger partial charge in [-0.25, -0.2) is 0 Å². The first-order valence-corrected chi connectivity index (χ1v) is 9.98. The summed E-state index contributed by atoms with van der Waals surface area (Å²) in [6, 6.07) is 18.7. The minimum atomic E-state index is 0.500. The summed E-state index contributed by atoms with van der Waals surface area (Å²) in [6.07, 6.45) is 1.17. The van der Waals surface area contributed by atoms with Crippen LogP contribution in [0, 0.1) is 0 Å². The Balaban J connectivity index is 1.47. The second kappa shape index (κ2) is 7.22. The van der Waals surface area contributed by atoms with Crippen molar-refractivity contribution in [3.05, 3.63) is 76.6 Å². The number of thioether (sulfide) groups is 1. The molecule has 1 saturated carbocycles. The molecule has 128 valence electrons. The number of rotatable bonds is 6. The van der Waals surface area contributed by atoms with Gasteiger partial charge >= 0.3 is 0 Å². The van der Waals surface area contributed by atoms with Gasteiger partial charge in [-0.3, -0.25) is 0 Å². The van der Waals surface area contributed by atoms with Gasteiger partial charge < -0.3 is 4.57 Å². The van der Waals surface area contributed by atoms with E-state index in [1.807, 2.05) is 12.1 Å². The van der Waals surface area contributed by atoms with E-state index in [1.165, 1.54) is 17.5 Å². The Bertz CT molecular complexity index is 845. The van der Waals surface area contributed by atoms with Gasteiger partial charge in [0.1, 0.15) is 5.82 Å². The summed E-state index contributed by atoms with van der Waals surface area (Å²) in [5, 5.41) is 10.8. The Labute approximate surface area is 157 Å². The maximum absolute atomic E-state index is 5.95.